The molecule has 0 bridgehead atoms. The van der Waals surface area contributed by atoms with Crippen LogP contribution in [-0.2, 0) is 4.79 Å². The largest absolute Gasteiger partial charge is 0.495 e. The molecule has 0 saturated heterocycles. The first-order valence-corrected chi connectivity index (χ1v) is 10.5. The number of hydrogen-bond acceptors (Lipinski definition) is 6. The molecule has 1 aromatic carbocycles. The summed E-state index contributed by atoms with van der Waals surface area (Å²) in [6.45, 7) is 7.90. The topological polar surface area (TPSA) is 64.1 Å². The highest BCUT2D eigenvalue weighted by Crippen LogP contribution is 2.35. The van der Waals surface area contributed by atoms with E-state index in [4.69, 9.17) is 16.3 Å². The summed E-state index contributed by atoms with van der Waals surface area (Å²) in [5.74, 6) is 1.36. The van der Waals surface area contributed by atoms with Crippen molar-refractivity contribution in [3.63, 3.8) is 0 Å². The quantitative estimate of drug-likeness (QED) is 0.446. The van der Waals surface area contributed by atoms with Gasteiger partial charge in [-0.15, -0.1) is 11.3 Å². The Morgan fingerprint density at radius 1 is 1.26 bits per heavy atom. The summed E-state index contributed by atoms with van der Waals surface area (Å²) in [6.07, 6.45) is 0. The molecule has 0 fully saturated rings. The van der Waals surface area contributed by atoms with Crippen LogP contribution in [0.15, 0.2) is 17.2 Å². The molecular formula is C19H20ClN3O2S2. The number of nitrogens with zero attached hydrogens (tertiary/aromatic N) is 2. The number of thioether (sulfide) groups is 1. The van der Waals surface area contributed by atoms with Crippen molar-refractivity contribution >= 4 is 56.5 Å². The molecule has 2 heterocycles. The second-order valence-corrected chi connectivity index (χ2v) is 8.75. The molecule has 2 aromatic heterocycles. The van der Waals surface area contributed by atoms with E-state index in [2.05, 4.69) is 29.1 Å². The highest BCUT2D eigenvalue weighted by Gasteiger charge is 2.16. The molecule has 5 nitrogen and oxygen atoms in total. The van der Waals surface area contributed by atoms with E-state index in [1.807, 2.05) is 19.9 Å². The summed E-state index contributed by atoms with van der Waals surface area (Å²) in [5, 5.41) is 5.38. The van der Waals surface area contributed by atoms with Crippen LogP contribution in [0.25, 0.3) is 10.2 Å². The Kier molecular flexibility index (Phi) is 5.93. The Morgan fingerprint density at radius 2 is 2.00 bits per heavy atom. The minimum Gasteiger partial charge on any atom is -0.495 e. The normalized spacial score (nSPS) is 11.0. The molecule has 3 rings (SSSR count). The average molecular weight is 422 g/mol. The lowest BCUT2D eigenvalue weighted by molar-refractivity contribution is -0.113. The predicted molar refractivity (Wildman–Crippen MR) is 114 cm³/mol. The maximum Gasteiger partial charge on any atom is 0.234 e. The average Bonchev–Trinajstić information content (AvgIpc) is 2.89. The Hall–Kier alpha value is -1.83. The number of carbonyl (C=O) groups is 1. The van der Waals surface area contributed by atoms with Gasteiger partial charge in [0.15, 0.2) is 0 Å². The van der Waals surface area contributed by atoms with E-state index >= 15 is 0 Å². The molecule has 8 heteroatoms. The molecule has 27 heavy (non-hydrogen) atoms. The molecule has 0 saturated carbocycles. The Labute approximate surface area is 171 Å². The molecule has 0 aliphatic carbocycles. The van der Waals surface area contributed by atoms with Gasteiger partial charge in [0.05, 0.1) is 18.6 Å². The van der Waals surface area contributed by atoms with Crippen molar-refractivity contribution in [1.82, 2.24) is 9.97 Å². The predicted octanol–water partition coefficient (Wildman–Crippen LogP) is 5.32. The lowest BCUT2D eigenvalue weighted by atomic mass is 10.2. The van der Waals surface area contributed by atoms with Gasteiger partial charge in [0.2, 0.25) is 5.91 Å². The number of rotatable bonds is 5. The zero-order chi connectivity index (χ0) is 19.7. The zero-order valence-electron chi connectivity index (χ0n) is 15.8. The molecule has 0 radical (unpaired) electrons. The third-order valence-electron chi connectivity index (χ3n) is 4.20. The number of thiophene rings is 1. The first kappa shape index (κ1) is 19.9. The van der Waals surface area contributed by atoms with Crippen LogP contribution >= 0.6 is 34.7 Å². The molecule has 142 valence electrons. The maximum atomic E-state index is 12.5. The molecule has 0 aliphatic rings. The van der Waals surface area contributed by atoms with E-state index in [0.29, 0.717) is 22.3 Å². The monoisotopic (exact) mass is 421 g/mol. The number of aryl methyl sites for hydroxylation is 4. The number of methoxy groups -OCH3 is 1. The number of carbonyl (C=O) groups excluding carboxylic acids is 1. The van der Waals surface area contributed by atoms with Crippen LogP contribution in [0.4, 0.5) is 5.69 Å². The standard InChI is InChI=1S/C19H20ClN3O2S2/c1-9-6-14(15(25-5)7-13(9)20)23-16(24)8-26-18-17-10(2)11(3)27-19(17)22-12(4)21-18/h6-7H,8H2,1-5H3,(H,23,24). The van der Waals surface area contributed by atoms with E-state index in [1.165, 1.54) is 22.2 Å². The van der Waals surface area contributed by atoms with Gasteiger partial charge < -0.3 is 10.1 Å². The summed E-state index contributed by atoms with van der Waals surface area (Å²) in [6, 6.07) is 3.51. The van der Waals surface area contributed by atoms with Crippen molar-refractivity contribution in [3.8, 4) is 5.75 Å². The van der Waals surface area contributed by atoms with Crippen LogP contribution in [0.5, 0.6) is 5.75 Å². The number of aromatic nitrogens is 2. The van der Waals surface area contributed by atoms with E-state index in [-0.39, 0.29) is 11.7 Å². The van der Waals surface area contributed by atoms with Crippen LogP contribution in [-0.4, -0.2) is 28.7 Å². The summed E-state index contributed by atoms with van der Waals surface area (Å²) in [7, 11) is 1.55. The molecule has 0 atom stereocenters. The van der Waals surface area contributed by atoms with Crippen molar-refractivity contribution in [3.05, 3.63) is 39.0 Å². The van der Waals surface area contributed by atoms with Gasteiger partial charge >= 0.3 is 0 Å². The first-order valence-electron chi connectivity index (χ1n) is 8.31. The maximum absolute atomic E-state index is 12.5. The first-order chi connectivity index (χ1) is 12.8. The van der Waals surface area contributed by atoms with Crippen molar-refractivity contribution in [2.75, 3.05) is 18.2 Å². The van der Waals surface area contributed by atoms with Crippen LogP contribution in [0.1, 0.15) is 21.8 Å². The fourth-order valence-electron chi connectivity index (χ4n) is 2.67. The van der Waals surface area contributed by atoms with Gasteiger partial charge in [-0.3, -0.25) is 4.79 Å². The van der Waals surface area contributed by atoms with Crippen LogP contribution < -0.4 is 10.1 Å². The second-order valence-electron chi connectivity index (χ2n) is 6.18. The number of fused-ring (bicyclic) bond motifs is 1. The number of benzene rings is 1. The number of amides is 1. The van der Waals surface area contributed by atoms with Crippen LogP contribution in [0.2, 0.25) is 5.02 Å². The smallest absolute Gasteiger partial charge is 0.234 e. The summed E-state index contributed by atoms with van der Waals surface area (Å²) in [4.78, 5) is 23.8. The number of nitrogens with one attached hydrogen (secondary N) is 1. The van der Waals surface area contributed by atoms with Crippen LogP contribution in [0, 0.1) is 27.7 Å². The zero-order valence-corrected chi connectivity index (χ0v) is 18.2. The highest BCUT2D eigenvalue weighted by atomic mass is 35.5. The third kappa shape index (κ3) is 4.20. The van der Waals surface area contributed by atoms with Gasteiger partial charge in [0.1, 0.15) is 21.4 Å². The SMILES string of the molecule is COc1cc(Cl)c(C)cc1NC(=O)CSc1nc(C)nc2sc(C)c(C)c12. The minimum atomic E-state index is -0.131. The number of anilines is 1. The van der Waals surface area contributed by atoms with Crippen molar-refractivity contribution in [2.24, 2.45) is 0 Å². The Balaban J connectivity index is 1.79. The van der Waals surface area contributed by atoms with Crippen molar-refractivity contribution in [1.29, 1.82) is 0 Å². The minimum absolute atomic E-state index is 0.131. The van der Waals surface area contributed by atoms with Gasteiger partial charge in [0, 0.05) is 21.4 Å². The molecule has 1 N–H and O–H groups in total. The second kappa shape index (κ2) is 8.04. The molecule has 0 aliphatic heterocycles. The molecule has 0 unspecified atom stereocenters. The number of hydrogen-bond donors (Lipinski definition) is 1. The summed E-state index contributed by atoms with van der Waals surface area (Å²) < 4.78 is 5.31. The Morgan fingerprint density at radius 3 is 2.70 bits per heavy atom. The molecule has 1 amide bonds. The number of ether oxygens (including phenoxy) is 1. The van der Waals surface area contributed by atoms with Crippen molar-refractivity contribution < 1.29 is 9.53 Å². The third-order valence-corrected chi connectivity index (χ3v) is 6.69. The van der Waals surface area contributed by atoms with Gasteiger partial charge in [-0.05, 0) is 44.9 Å². The lowest BCUT2D eigenvalue weighted by Crippen LogP contribution is -2.15. The van der Waals surface area contributed by atoms with Gasteiger partial charge in [0.25, 0.3) is 0 Å². The fourth-order valence-corrected chi connectivity index (χ4v) is 4.89. The van der Waals surface area contributed by atoms with E-state index in [9.17, 15) is 4.79 Å². The summed E-state index contributed by atoms with van der Waals surface area (Å²) in [5.41, 5.74) is 2.66. The van der Waals surface area contributed by atoms with E-state index in [0.717, 1.165) is 20.8 Å². The Bertz CT molecular complexity index is 1030. The molecule has 0 spiro atoms. The van der Waals surface area contributed by atoms with E-state index in [1.54, 1.807) is 24.5 Å². The van der Waals surface area contributed by atoms with E-state index < -0.39 is 0 Å². The van der Waals surface area contributed by atoms with Gasteiger partial charge in [-0.25, -0.2) is 9.97 Å². The lowest BCUT2D eigenvalue weighted by Gasteiger charge is -2.12. The molecular weight excluding hydrogens is 402 g/mol. The fraction of sp³-hybridized carbons (Fsp3) is 0.316. The highest BCUT2D eigenvalue weighted by molar-refractivity contribution is 8.00. The van der Waals surface area contributed by atoms with Crippen molar-refractivity contribution in [2.45, 2.75) is 32.7 Å². The molecule has 3 aromatic rings. The van der Waals surface area contributed by atoms with Gasteiger partial charge in [-0.2, -0.15) is 0 Å². The summed E-state index contributed by atoms with van der Waals surface area (Å²) >= 11 is 9.19. The number of halogens is 1. The van der Waals surface area contributed by atoms with Gasteiger partial charge in [-0.1, -0.05) is 23.4 Å². The van der Waals surface area contributed by atoms with Crippen LogP contribution in [0.3, 0.4) is 0 Å².